The first-order chi connectivity index (χ1) is 13.8. The summed E-state index contributed by atoms with van der Waals surface area (Å²) in [6.07, 6.45) is -1.12. The molecular weight excluding hydrogens is 372 g/mol. The van der Waals surface area contributed by atoms with Crippen LogP contribution in [0.5, 0.6) is 0 Å². The molecule has 0 aliphatic carbocycles. The summed E-state index contributed by atoms with van der Waals surface area (Å²) >= 11 is 0. The quantitative estimate of drug-likeness (QED) is 0.510. The van der Waals surface area contributed by atoms with E-state index in [0.29, 0.717) is 11.4 Å². The highest BCUT2D eigenvalue weighted by Gasteiger charge is 2.24. The zero-order chi connectivity index (χ0) is 21.1. The zero-order valence-corrected chi connectivity index (χ0v) is 16.4. The lowest BCUT2D eigenvalue weighted by Crippen LogP contribution is -2.32. The number of rotatable bonds is 5. The topological polar surface area (TPSA) is 108 Å². The molecular formula is C21H22N4O4. The van der Waals surface area contributed by atoms with Gasteiger partial charge in [-0.2, -0.15) is 0 Å². The van der Waals surface area contributed by atoms with Crippen molar-refractivity contribution in [3.63, 3.8) is 0 Å². The summed E-state index contributed by atoms with van der Waals surface area (Å²) in [5, 5.41) is 2.58. The van der Waals surface area contributed by atoms with Gasteiger partial charge in [0.15, 0.2) is 6.10 Å². The van der Waals surface area contributed by atoms with Crippen molar-refractivity contribution in [1.82, 2.24) is 9.36 Å². The highest BCUT2D eigenvalue weighted by molar-refractivity contribution is 5.99. The number of aromatic nitrogens is 2. The van der Waals surface area contributed by atoms with E-state index < -0.39 is 18.0 Å². The average Bonchev–Trinajstić information content (AvgIpc) is 2.92. The molecule has 1 atom stereocenters. The Labute approximate surface area is 167 Å². The minimum absolute atomic E-state index is 0.128. The van der Waals surface area contributed by atoms with Gasteiger partial charge in [-0.15, -0.1) is 0 Å². The summed E-state index contributed by atoms with van der Waals surface area (Å²) in [7, 11) is 1.72. The number of hydrogen-bond donors (Lipinski definition) is 2. The van der Waals surface area contributed by atoms with E-state index in [4.69, 9.17) is 10.5 Å². The minimum atomic E-state index is -1.12. The molecule has 0 bridgehead atoms. The first kappa shape index (κ1) is 19.9. The van der Waals surface area contributed by atoms with Crippen LogP contribution in [0, 0.1) is 6.92 Å². The van der Waals surface area contributed by atoms with Crippen molar-refractivity contribution in [3.8, 4) is 5.69 Å². The number of nitrogens with one attached hydrogen (secondary N) is 1. The Morgan fingerprint density at radius 2 is 1.69 bits per heavy atom. The van der Waals surface area contributed by atoms with Crippen LogP contribution in [0.1, 0.15) is 23.0 Å². The molecule has 0 aliphatic rings. The monoisotopic (exact) mass is 394 g/mol. The maximum atomic E-state index is 12.9. The van der Waals surface area contributed by atoms with Gasteiger partial charge in [-0.05, 0) is 38.1 Å². The molecule has 0 spiro atoms. The van der Waals surface area contributed by atoms with Gasteiger partial charge in [0.25, 0.3) is 11.5 Å². The van der Waals surface area contributed by atoms with Crippen LogP contribution in [0.2, 0.25) is 0 Å². The molecule has 1 aromatic heterocycles. The van der Waals surface area contributed by atoms with Crippen molar-refractivity contribution in [1.29, 1.82) is 0 Å². The number of para-hydroxylation sites is 2. The summed E-state index contributed by atoms with van der Waals surface area (Å²) < 4.78 is 8.30. The van der Waals surface area contributed by atoms with Gasteiger partial charge < -0.3 is 15.8 Å². The lowest BCUT2D eigenvalue weighted by Gasteiger charge is -2.13. The summed E-state index contributed by atoms with van der Waals surface area (Å²) in [5.74, 6) is -1.32. The Morgan fingerprint density at radius 1 is 1.07 bits per heavy atom. The van der Waals surface area contributed by atoms with Gasteiger partial charge >= 0.3 is 5.97 Å². The molecule has 3 N–H and O–H groups in total. The van der Waals surface area contributed by atoms with E-state index in [2.05, 4.69) is 5.32 Å². The minimum Gasteiger partial charge on any atom is -0.449 e. The zero-order valence-electron chi connectivity index (χ0n) is 16.4. The molecule has 1 heterocycles. The highest BCUT2D eigenvalue weighted by atomic mass is 16.5. The Bertz CT molecular complexity index is 1120. The molecule has 2 aromatic carbocycles. The van der Waals surface area contributed by atoms with E-state index in [1.807, 2.05) is 18.2 Å². The van der Waals surface area contributed by atoms with Crippen LogP contribution < -0.4 is 16.6 Å². The molecule has 1 unspecified atom stereocenters. The average molecular weight is 394 g/mol. The van der Waals surface area contributed by atoms with Gasteiger partial charge in [0, 0.05) is 12.7 Å². The van der Waals surface area contributed by atoms with E-state index in [0.717, 1.165) is 0 Å². The second-order valence-electron chi connectivity index (χ2n) is 6.56. The Morgan fingerprint density at radius 3 is 2.34 bits per heavy atom. The number of ether oxygens (including phenoxy) is 1. The highest BCUT2D eigenvalue weighted by Crippen LogP contribution is 2.16. The van der Waals surface area contributed by atoms with Crippen molar-refractivity contribution < 1.29 is 14.3 Å². The second-order valence-corrected chi connectivity index (χ2v) is 6.56. The number of carbonyl (C=O) groups is 2. The Balaban J connectivity index is 1.80. The number of benzene rings is 2. The molecule has 0 fully saturated rings. The molecule has 29 heavy (non-hydrogen) atoms. The molecule has 150 valence electrons. The number of carbonyl (C=O) groups excluding carboxylic acids is 2. The molecule has 1 amide bonds. The number of anilines is 2. The standard InChI is InChI=1S/C21H22N4O4/c1-13-18(20(27)25(24(13)3)15-9-5-4-6-10-15)23-19(26)14(2)29-21(28)16-11-7-8-12-17(16)22/h4-12,14H,22H2,1-3H3,(H,23,26). The van der Waals surface area contributed by atoms with Crippen LogP contribution in [0.3, 0.4) is 0 Å². The van der Waals surface area contributed by atoms with Crippen molar-refractivity contribution >= 4 is 23.3 Å². The van der Waals surface area contributed by atoms with Gasteiger partial charge in [0.05, 0.1) is 16.9 Å². The number of nitrogens with two attached hydrogens (primary N) is 1. The molecule has 0 radical (unpaired) electrons. The molecule has 0 aliphatic heterocycles. The molecule has 0 saturated carbocycles. The number of nitrogens with zero attached hydrogens (tertiary/aromatic N) is 2. The molecule has 0 saturated heterocycles. The Hall–Kier alpha value is -3.81. The fourth-order valence-electron chi connectivity index (χ4n) is 2.90. The normalized spacial score (nSPS) is 11.7. The second kappa shape index (κ2) is 8.05. The third kappa shape index (κ3) is 3.91. The van der Waals surface area contributed by atoms with E-state index in [1.54, 1.807) is 49.0 Å². The van der Waals surface area contributed by atoms with Crippen LogP contribution in [-0.2, 0) is 16.6 Å². The predicted octanol–water partition coefficient (Wildman–Crippen LogP) is 2.25. The number of esters is 1. The molecule has 8 heteroatoms. The fourth-order valence-corrected chi connectivity index (χ4v) is 2.90. The van der Waals surface area contributed by atoms with Crippen LogP contribution in [0.15, 0.2) is 59.4 Å². The SMILES string of the molecule is Cc1c(NC(=O)C(C)OC(=O)c2ccccc2N)c(=O)n(-c2ccccc2)n1C. The number of amides is 1. The third-order valence-electron chi connectivity index (χ3n) is 4.64. The predicted molar refractivity (Wildman–Crippen MR) is 110 cm³/mol. The van der Waals surface area contributed by atoms with Crippen LogP contribution in [-0.4, -0.2) is 27.3 Å². The third-order valence-corrected chi connectivity index (χ3v) is 4.64. The van der Waals surface area contributed by atoms with Crippen molar-refractivity contribution in [3.05, 3.63) is 76.2 Å². The van der Waals surface area contributed by atoms with Gasteiger partial charge in [0.2, 0.25) is 0 Å². The Kier molecular flexibility index (Phi) is 5.54. The maximum absolute atomic E-state index is 12.9. The summed E-state index contributed by atoms with van der Waals surface area (Å²) in [6, 6.07) is 15.5. The maximum Gasteiger partial charge on any atom is 0.341 e. The number of nitrogen functional groups attached to an aromatic ring is 1. The van der Waals surface area contributed by atoms with E-state index in [9.17, 15) is 14.4 Å². The summed E-state index contributed by atoms with van der Waals surface area (Å²) in [6.45, 7) is 3.15. The first-order valence-corrected chi connectivity index (χ1v) is 9.01. The smallest absolute Gasteiger partial charge is 0.341 e. The lowest BCUT2D eigenvalue weighted by molar-refractivity contribution is -0.123. The van der Waals surface area contributed by atoms with E-state index in [1.165, 1.54) is 17.7 Å². The van der Waals surface area contributed by atoms with Crippen molar-refractivity contribution in [2.75, 3.05) is 11.1 Å². The summed E-state index contributed by atoms with van der Waals surface area (Å²) in [4.78, 5) is 37.7. The van der Waals surface area contributed by atoms with Crippen molar-refractivity contribution in [2.45, 2.75) is 20.0 Å². The van der Waals surface area contributed by atoms with Gasteiger partial charge in [0.1, 0.15) is 5.69 Å². The molecule has 3 rings (SSSR count). The summed E-state index contributed by atoms with van der Waals surface area (Å²) in [5.41, 5.74) is 7.18. The van der Waals surface area contributed by atoms with Gasteiger partial charge in [-0.3, -0.25) is 14.3 Å². The fraction of sp³-hybridized carbons (Fsp3) is 0.190. The van der Waals surface area contributed by atoms with Crippen LogP contribution >= 0.6 is 0 Å². The van der Waals surface area contributed by atoms with Crippen LogP contribution in [0.4, 0.5) is 11.4 Å². The largest absolute Gasteiger partial charge is 0.449 e. The molecule has 3 aromatic rings. The first-order valence-electron chi connectivity index (χ1n) is 9.01. The van der Waals surface area contributed by atoms with Crippen LogP contribution in [0.25, 0.3) is 5.69 Å². The number of hydrogen-bond acceptors (Lipinski definition) is 5. The van der Waals surface area contributed by atoms with E-state index >= 15 is 0 Å². The molecule has 8 nitrogen and oxygen atoms in total. The van der Waals surface area contributed by atoms with Crippen molar-refractivity contribution in [2.24, 2.45) is 7.05 Å². The van der Waals surface area contributed by atoms with E-state index in [-0.39, 0.29) is 22.5 Å². The lowest BCUT2D eigenvalue weighted by atomic mass is 10.2. The van der Waals surface area contributed by atoms with Gasteiger partial charge in [-0.1, -0.05) is 30.3 Å². The van der Waals surface area contributed by atoms with Gasteiger partial charge in [-0.25, -0.2) is 9.48 Å².